The predicted octanol–water partition coefficient (Wildman–Crippen LogP) is 4.51. The average Bonchev–Trinajstić information content (AvgIpc) is 3.43. The lowest BCUT2D eigenvalue weighted by Crippen LogP contribution is -2.30. The Hall–Kier alpha value is -3.71. The average molecular weight is 442 g/mol. The van der Waals surface area contributed by atoms with Gasteiger partial charge in [-0.05, 0) is 60.7 Å². The fourth-order valence-corrected chi connectivity index (χ4v) is 4.55. The molecule has 0 radical (unpaired) electrons. The molecule has 1 aliphatic rings. The van der Waals surface area contributed by atoms with Gasteiger partial charge in [-0.15, -0.1) is 0 Å². The van der Waals surface area contributed by atoms with Crippen molar-refractivity contribution in [3.63, 3.8) is 0 Å². The van der Waals surface area contributed by atoms with E-state index in [0.717, 1.165) is 28.5 Å². The van der Waals surface area contributed by atoms with Gasteiger partial charge in [-0.3, -0.25) is 9.97 Å². The zero-order chi connectivity index (χ0) is 21.9. The number of hydrogen-bond acceptors (Lipinski definition) is 4. The van der Waals surface area contributed by atoms with Gasteiger partial charge in [0.1, 0.15) is 11.8 Å². The van der Waals surface area contributed by atoms with Crippen molar-refractivity contribution in [1.29, 1.82) is 0 Å². The molecule has 1 fully saturated rings. The van der Waals surface area contributed by atoms with Crippen molar-refractivity contribution >= 4 is 23.0 Å². The summed E-state index contributed by atoms with van der Waals surface area (Å²) in [5.41, 5.74) is 4.04. The van der Waals surface area contributed by atoms with Crippen LogP contribution in [0.4, 0.5) is 5.69 Å². The Morgan fingerprint density at radius 3 is 2.56 bits per heavy atom. The molecule has 1 aromatic carbocycles. The van der Waals surface area contributed by atoms with E-state index in [1.807, 2.05) is 67.0 Å². The summed E-state index contributed by atoms with van der Waals surface area (Å²) in [5, 5.41) is 4.17. The summed E-state index contributed by atoms with van der Waals surface area (Å²) >= 11 is 5.83. The van der Waals surface area contributed by atoms with E-state index in [4.69, 9.17) is 17.0 Å². The number of aromatic nitrogens is 3. The molecular formula is C25H23N5OS. The van der Waals surface area contributed by atoms with Gasteiger partial charge in [-0.25, -0.2) is 0 Å². The molecule has 5 rings (SSSR count). The number of hydrogen-bond donors (Lipinski definition) is 1. The smallest absolute Gasteiger partial charge is 0.174 e. The molecule has 2 atom stereocenters. The van der Waals surface area contributed by atoms with E-state index in [1.54, 1.807) is 7.11 Å². The molecule has 7 heteroatoms. The molecule has 6 nitrogen and oxygen atoms in total. The van der Waals surface area contributed by atoms with Gasteiger partial charge in [0.2, 0.25) is 0 Å². The quantitative estimate of drug-likeness (QED) is 0.444. The number of rotatable bonds is 6. The van der Waals surface area contributed by atoms with Crippen LogP contribution in [0, 0.1) is 0 Å². The van der Waals surface area contributed by atoms with Crippen molar-refractivity contribution in [1.82, 2.24) is 19.9 Å². The highest BCUT2D eigenvalue weighted by Crippen LogP contribution is 2.42. The number of benzene rings is 1. The third kappa shape index (κ3) is 3.83. The summed E-state index contributed by atoms with van der Waals surface area (Å²) in [5.74, 6) is 0.786. The van der Waals surface area contributed by atoms with E-state index >= 15 is 0 Å². The Kier molecular flexibility index (Phi) is 5.56. The Bertz CT molecular complexity index is 1210. The van der Waals surface area contributed by atoms with Crippen LogP contribution < -0.4 is 15.0 Å². The second kappa shape index (κ2) is 8.80. The largest absolute Gasteiger partial charge is 0.497 e. The lowest BCUT2D eigenvalue weighted by Gasteiger charge is -2.29. The molecule has 0 saturated carbocycles. The van der Waals surface area contributed by atoms with Gasteiger partial charge in [0.05, 0.1) is 31.1 Å². The highest BCUT2D eigenvalue weighted by molar-refractivity contribution is 7.80. The monoisotopic (exact) mass is 441 g/mol. The second-order valence-corrected chi connectivity index (χ2v) is 7.97. The van der Waals surface area contributed by atoms with Crippen molar-refractivity contribution in [3.8, 4) is 5.75 Å². The van der Waals surface area contributed by atoms with Crippen molar-refractivity contribution in [2.24, 2.45) is 0 Å². The molecule has 4 aromatic rings. The second-order valence-electron chi connectivity index (χ2n) is 7.58. The minimum Gasteiger partial charge on any atom is -0.497 e. The topological polar surface area (TPSA) is 55.2 Å². The van der Waals surface area contributed by atoms with Gasteiger partial charge < -0.3 is 19.5 Å². The molecule has 4 heterocycles. The van der Waals surface area contributed by atoms with Crippen molar-refractivity contribution < 1.29 is 4.74 Å². The summed E-state index contributed by atoms with van der Waals surface area (Å²) in [6.07, 6.45) is 5.73. The van der Waals surface area contributed by atoms with E-state index in [1.165, 1.54) is 0 Å². The van der Waals surface area contributed by atoms with Gasteiger partial charge in [0.25, 0.3) is 0 Å². The number of anilines is 1. The van der Waals surface area contributed by atoms with Crippen LogP contribution in [-0.2, 0) is 6.54 Å². The molecule has 0 amide bonds. The Morgan fingerprint density at radius 2 is 1.81 bits per heavy atom. The minimum absolute atomic E-state index is 0.0942. The molecule has 32 heavy (non-hydrogen) atoms. The maximum absolute atomic E-state index is 5.83. The van der Waals surface area contributed by atoms with Crippen LogP contribution in [0.1, 0.15) is 29.2 Å². The number of methoxy groups -OCH3 is 1. The first-order valence-corrected chi connectivity index (χ1v) is 10.8. The molecule has 2 unspecified atom stereocenters. The standard InChI is InChI=1S/C25H23N5OS/c1-31-20-10-6-9-19(16-20)30-24(23(28-25(30)32)21-11-3-5-14-27-21)22-12-7-15-29(22)17-18-8-2-4-13-26-18/h2-16,23-24H,17H2,1H3,(H,28,32). The molecule has 1 saturated heterocycles. The van der Waals surface area contributed by atoms with Crippen molar-refractivity contribution in [2.45, 2.75) is 18.6 Å². The van der Waals surface area contributed by atoms with Crippen LogP contribution in [0.25, 0.3) is 0 Å². The van der Waals surface area contributed by atoms with E-state index < -0.39 is 0 Å². The van der Waals surface area contributed by atoms with E-state index in [0.29, 0.717) is 11.7 Å². The van der Waals surface area contributed by atoms with Gasteiger partial charge >= 0.3 is 0 Å². The number of thiocarbonyl (C=S) groups is 1. The van der Waals surface area contributed by atoms with Gasteiger partial charge in [-0.2, -0.15) is 0 Å². The number of ether oxygens (including phenoxy) is 1. The van der Waals surface area contributed by atoms with Crippen LogP contribution in [0.2, 0.25) is 0 Å². The normalized spacial score (nSPS) is 17.9. The molecule has 0 aliphatic carbocycles. The van der Waals surface area contributed by atoms with E-state index in [2.05, 4.69) is 49.1 Å². The summed E-state index contributed by atoms with van der Waals surface area (Å²) in [7, 11) is 1.67. The minimum atomic E-state index is -0.104. The fraction of sp³-hybridized carbons (Fsp3) is 0.160. The Labute approximate surface area is 192 Å². The lowest BCUT2D eigenvalue weighted by molar-refractivity contribution is 0.414. The Morgan fingerprint density at radius 1 is 0.969 bits per heavy atom. The summed E-state index contributed by atoms with van der Waals surface area (Å²) in [6, 6.07) is 23.9. The number of pyridine rings is 2. The SMILES string of the molecule is COc1cccc(N2C(=S)NC(c3ccccn3)C2c2cccn2Cc2ccccn2)c1. The molecule has 1 N–H and O–H groups in total. The summed E-state index contributed by atoms with van der Waals surface area (Å²) in [4.78, 5) is 11.3. The first kappa shape index (κ1) is 20.2. The maximum Gasteiger partial charge on any atom is 0.174 e. The van der Waals surface area contributed by atoms with Crippen LogP contribution in [0.15, 0.2) is 91.4 Å². The molecule has 1 aliphatic heterocycles. The maximum atomic E-state index is 5.83. The number of nitrogens with one attached hydrogen (secondary N) is 1. The van der Waals surface area contributed by atoms with E-state index in [-0.39, 0.29) is 12.1 Å². The van der Waals surface area contributed by atoms with Crippen molar-refractivity contribution in [2.75, 3.05) is 12.0 Å². The van der Waals surface area contributed by atoms with Crippen molar-refractivity contribution in [3.05, 3.63) is 108 Å². The zero-order valence-corrected chi connectivity index (χ0v) is 18.4. The molecular weight excluding hydrogens is 418 g/mol. The van der Waals surface area contributed by atoms with E-state index in [9.17, 15) is 0 Å². The van der Waals surface area contributed by atoms with Crippen LogP contribution in [-0.4, -0.2) is 26.8 Å². The highest BCUT2D eigenvalue weighted by atomic mass is 32.1. The predicted molar refractivity (Wildman–Crippen MR) is 129 cm³/mol. The first-order chi connectivity index (χ1) is 15.7. The van der Waals surface area contributed by atoms with Gasteiger partial charge in [0.15, 0.2) is 5.11 Å². The highest BCUT2D eigenvalue weighted by Gasteiger charge is 2.42. The molecule has 0 spiro atoms. The zero-order valence-electron chi connectivity index (χ0n) is 17.6. The van der Waals surface area contributed by atoms with Gasteiger partial charge in [-0.1, -0.05) is 18.2 Å². The molecule has 3 aromatic heterocycles. The first-order valence-electron chi connectivity index (χ1n) is 10.4. The summed E-state index contributed by atoms with van der Waals surface area (Å²) < 4.78 is 7.70. The lowest BCUT2D eigenvalue weighted by atomic mass is 10.0. The fourth-order valence-electron chi connectivity index (χ4n) is 4.20. The molecule has 0 bridgehead atoms. The van der Waals surface area contributed by atoms with Crippen LogP contribution >= 0.6 is 12.2 Å². The Balaban J connectivity index is 1.60. The molecule has 160 valence electrons. The number of nitrogens with zero attached hydrogens (tertiary/aromatic N) is 4. The van der Waals surface area contributed by atoms with Crippen LogP contribution in [0.3, 0.4) is 0 Å². The third-order valence-corrected chi connectivity index (χ3v) is 5.97. The van der Waals surface area contributed by atoms with Gasteiger partial charge in [0, 0.05) is 36.0 Å². The third-order valence-electron chi connectivity index (χ3n) is 5.66. The summed E-state index contributed by atoms with van der Waals surface area (Å²) in [6.45, 7) is 0.674. The van der Waals surface area contributed by atoms with Crippen LogP contribution in [0.5, 0.6) is 5.75 Å².